The van der Waals surface area contributed by atoms with E-state index in [1.54, 1.807) is 0 Å². The lowest BCUT2D eigenvalue weighted by atomic mass is 9.79. The van der Waals surface area contributed by atoms with E-state index in [2.05, 4.69) is 75.4 Å². The molecule has 2 aliphatic rings. The summed E-state index contributed by atoms with van der Waals surface area (Å²) >= 11 is 0. The normalized spacial score (nSPS) is 21.6. The van der Waals surface area contributed by atoms with Gasteiger partial charge in [-0.1, -0.05) is 68.1 Å². The van der Waals surface area contributed by atoms with Crippen LogP contribution in [0.3, 0.4) is 0 Å². The Labute approximate surface area is 168 Å². The largest absolute Gasteiger partial charge is 0.318 e. The lowest BCUT2D eigenvalue weighted by Gasteiger charge is -2.48. The summed E-state index contributed by atoms with van der Waals surface area (Å²) in [6.45, 7) is 2.33. The van der Waals surface area contributed by atoms with Gasteiger partial charge in [0.2, 0.25) is 0 Å². The van der Waals surface area contributed by atoms with Crippen LogP contribution in [0, 0.1) is 6.33 Å². The fourth-order valence-corrected chi connectivity index (χ4v) is 5.60. The van der Waals surface area contributed by atoms with Crippen molar-refractivity contribution in [1.29, 1.82) is 0 Å². The molecule has 1 radical (unpaired) electrons. The fourth-order valence-electron chi connectivity index (χ4n) is 5.60. The first-order valence-corrected chi connectivity index (χ1v) is 11.0. The van der Waals surface area contributed by atoms with Crippen LogP contribution in [0.15, 0.2) is 54.6 Å². The quantitative estimate of drug-likeness (QED) is 0.548. The summed E-state index contributed by atoms with van der Waals surface area (Å²) in [5, 5.41) is 0. The second-order valence-electron chi connectivity index (χ2n) is 8.60. The summed E-state index contributed by atoms with van der Waals surface area (Å²) in [4.78, 5) is 7.32. The second-order valence-corrected chi connectivity index (χ2v) is 8.60. The summed E-state index contributed by atoms with van der Waals surface area (Å²) in [7, 11) is 0. The number of para-hydroxylation sites is 2. The van der Waals surface area contributed by atoms with E-state index in [9.17, 15) is 0 Å². The topological polar surface area (TPSA) is 21.1 Å². The Balaban J connectivity index is 1.39. The van der Waals surface area contributed by atoms with E-state index >= 15 is 0 Å². The van der Waals surface area contributed by atoms with Crippen molar-refractivity contribution in [2.75, 3.05) is 13.1 Å². The van der Waals surface area contributed by atoms with Crippen molar-refractivity contribution in [2.45, 2.75) is 62.9 Å². The standard InChI is InChI=1S/C25H30N3/c1-2-9-17-25(16-8-1,21-10-4-3-5-11-21)27-18-14-22(15-19-27)28-20-26-23-12-6-7-13-24(23)28/h3-7,10-13,22H,1-2,8-9,14-19H2. The van der Waals surface area contributed by atoms with Crippen LogP contribution in [0.4, 0.5) is 0 Å². The summed E-state index contributed by atoms with van der Waals surface area (Å²) in [5.74, 6) is 0. The van der Waals surface area contributed by atoms with Crippen molar-refractivity contribution in [1.82, 2.24) is 14.5 Å². The maximum absolute atomic E-state index is 4.50. The Kier molecular flexibility index (Phi) is 4.94. The van der Waals surface area contributed by atoms with Crippen LogP contribution in [0.5, 0.6) is 0 Å². The number of aromatic nitrogens is 2. The molecule has 1 aromatic heterocycles. The maximum Gasteiger partial charge on any atom is 0.177 e. The van der Waals surface area contributed by atoms with Crippen LogP contribution in [0.25, 0.3) is 11.0 Å². The SMILES string of the molecule is [c]1nc2ccccc2n1C1CCN(C2(c3ccccc3)CCCCCC2)CC1. The van der Waals surface area contributed by atoms with E-state index in [-0.39, 0.29) is 5.54 Å². The van der Waals surface area contributed by atoms with Crippen molar-refractivity contribution in [3.05, 3.63) is 66.5 Å². The van der Waals surface area contributed by atoms with Gasteiger partial charge in [-0.3, -0.25) is 4.90 Å². The average Bonchev–Trinajstić information content (AvgIpc) is 3.03. The van der Waals surface area contributed by atoms with Gasteiger partial charge in [0, 0.05) is 24.7 Å². The zero-order chi connectivity index (χ0) is 18.8. The highest BCUT2D eigenvalue weighted by Gasteiger charge is 2.40. The Morgan fingerprint density at radius 3 is 2.25 bits per heavy atom. The molecule has 0 atom stereocenters. The third-order valence-electron chi connectivity index (χ3n) is 7.10. The highest BCUT2D eigenvalue weighted by Crippen LogP contribution is 2.43. The monoisotopic (exact) mass is 372 g/mol. The van der Waals surface area contributed by atoms with Crippen LogP contribution in [0.2, 0.25) is 0 Å². The molecule has 2 fully saturated rings. The third kappa shape index (κ3) is 3.16. The lowest BCUT2D eigenvalue weighted by Crippen LogP contribution is -2.49. The minimum atomic E-state index is 0.240. The number of rotatable bonds is 3. The molecular weight excluding hydrogens is 342 g/mol. The highest BCUT2D eigenvalue weighted by atomic mass is 15.2. The van der Waals surface area contributed by atoms with Crippen LogP contribution in [0.1, 0.15) is 63.0 Å². The summed E-state index contributed by atoms with van der Waals surface area (Å²) in [6.07, 6.45) is 13.8. The zero-order valence-corrected chi connectivity index (χ0v) is 16.7. The van der Waals surface area contributed by atoms with E-state index in [0.29, 0.717) is 6.04 Å². The first-order chi connectivity index (χ1) is 13.9. The number of likely N-dealkylation sites (tertiary alicyclic amines) is 1. The van der Waals surface area contributed by atoms with Gasteiger partial charge >= 0.3 is 0 Å². The zero-order valence-electron chi connectivity index (χ0n) is 16.7. The number of benzene rings is 2. The van der Waals surface area contributed by atoms with Gasteiger partial charge in [-0.25, -0.2) is 4.98 Å². The van der Waals surface area contributed by atoms with Gasteiger partial charge in [0.1, 0.15) is 0 Å². The average molecular weight is 373 g/mol. The number of hydrogen-bond donors (Lipinski definition) is 0. The first-order valence-electron chi connectivity index (χ1n) is 11.0. The molecule has 0 amide bonds. The third-order valence-corrected chi connectivity index (χ3v) is 7.10. The van der Waals surface area contributed by atoms with E-state index in [1.807, 2.05) is 0 Å². The molecule has 1 saturated carbocycles. The molecule has 145 valence electrons. The van der Waals surface area contributed by atoms with Gasteiger partial charge in [0.15, 0.2) is 6.33 Å². The Hall–Kier alpha value is -2.13. The second kappa shape index (κ2) is 7.71. The van der Waals surface area contributed by atoms with Gasteiger partial charge < -0.3 is 4.57 Å². The Bertz CT molecular complexity index is 898. The summed E-state index contributed by atoms with van der Waals surface area (Å²) in [5.41, 5.74) is 4.07. The number of nitrogens with zero attached hydrogens (tertiary/aromatic N) is 3. The molecule has 0 spiro atoms. The van der Waals surface area contributed by atoms with Crippen molar-refractivity contribution in [3.63, 3.8) is 0 Å². The van der Waals surface area contributed by atoms with Gasteiger partial charge in [0.05, 0.1) is 11.0 Å². The molecule has 3 nitrogen and oxygen atoms in total. The van der Waals surface area contributed by atoms with Crippen molar-refractivity contribution in [3.8, 4) is 0 Å². The maximum atomic E-state index is 4.50. The molecule has 5 rings (SSSR count). The molecule has 2 heterocycles. The Morgan fingerprint density at radius 1 is 0.821 bits per heavy atom. The predicted octanol–water partition coefficient (Wildman–Crippen LogP) is 5.72. The molecule has 3 heteroatoms. The molecule has 0 bridgehead atoms. The van der Waals surface area contributed by atoms with Crippen molar-refractivity contribution >= 4 is 11.0 Å². The minimum Gasteiger partial charge on any atom is -0.318 e. The molecular formula is C25H30N3. The van der Waals surface area contributed by atoms with E-state index < -0.39 is 0 Å². The smallest absolute Gasteiger partial charge is 0.177 e. The number of fused-ring (bicyclic) bond motifs is 1. The van der Waals surface area contributed by atoms with Gasteiger partial charge in [-0.2, -0.15) is 0 Å². The van der Waals surface area contributed by atoms with Crippen molar-refractivity contribution < 1.29 is 0 Å². The molecule has 28 heavy (non-hydrogen) atoms. The van der Waals surface area contributed by atoms with E-state index in [0.717, 1.165) is 5.52 Å². The van der Waals surface area contributed by atoms with Crippen LogP contribution in [-0.4, -0.2) is 27.5 Å². The van der Waals surface area contributed by atoms with E-state index in [4.69, 9.17) is 0 Å². The van der Waals surface area contributed by atoms with Crippen LogP contribution >= 0.6 is 0 Å². The number of hydrogen-bond acceptors (Lipinski definition) is 2. The number of piperidine rings is 1. The van der Waals surface area contributed by atoms with Gasteiger partial charge in [-0.05, 0) is 43.4 Å². The minimum absolute atomic E-state index is 0.240. The van der Waals surface area contributed by atoms with Crippen molar-refractivity contribution in [2.24, 2.45) is 0 Å². The predicted molar refractivity (Wildman–Crippen MR) is 114 cm³/mol. The first kappa shape index (κ1) is 17.9. The molecule has 1 aliphatic heterocycles. The van der Waals surface area contributed by atoms with Gasteiger partial charge in [-0.15, -0.1) is 0 Å². The Morgan fingerprint density at radius 2 is 1.50 bits per heavy atom. The van der Waals surface area contributed by atoms with Crippen LogP contribution in [-0.2, 0) is 5.54 Å². The highest BCUT2D eigenvalue weighted by molar-refractivity contribution is 5.74. The molecule has 0 N–H and O–H groups in total. The van der Waals surface area contributed by atoms with Crippen LogP contribution < -0.4 is 0 Å². The van der Waals surface area contributed by atoms with Gasteiger partial charge in [0.25, 0.3) is 0 Å². The summed E-state index contributed by atoms with van der Waals surface area (Å²) < 4.78 is 2.30. The lowest BCUT2D eigenvalue weighted by molar-refractivity contribution is 0.0358. The molecule has 3 aromatic rings. The van der Waals surface area contributed by atoms with E-state index in [1.165, 1.54) is 75.5 Å². The molecule has 1 aliphatic carbocycles. The number of imidazole rings is 1. The molecule has 2 aromatic carbocycles. The molecule has 0 unspecified atom stereocenters. The molecule has 1 saturated heterocycles. The summed E-state index contributed by atoms with van der Waals surface area (Å²) in [6, 6.07) is 20.3. The fraction of sp³-hybridized carbons (Fsp3) is 0.480.